The van der Waals surface area contributed by atoms with E-state index in [0.717, 1.165) is 65.5 Å². The van der Waals surface area contributed by atoms with E-state index in [9.17, 15) is 4.21 Å². The number of unbranched alkanes of at least 4 members (excludes halogenated alkanes) is 2. The fourth-order valence-electron chi connectivity index (χ4n) is 4.41. The molecule has 0 N–H and O–H groups in total. The Balaban J connectivity index is 1.84. The maximum atomic E-state index is 14.5. The van der Waals surface area contributed by atoms with Crippen molar-refractivity contribution in [2.24, 2.45) is 0 Å². The van der Waals surface area contributed by atoms with Crippen molar-refractivity contribution in [2.75, 3.05) is 7.11 Å². The Kier molecular flexibility index (Phi) is 8.59. The summed E-state index contributed by atoms with van der Waals surface area (Å²) in [6.07, 6.45) is 11.2. The molecule has 3 aromatic rings. The molecule has 4 rings (SSSR count). The van der Waals surface area contributed by atoms with Crippen LogP contribution in [0.25, 0.3) is 10.8 Å². The van der Waals surface area contributed by atoms with Gasteiger partial charge in [0, 0.05) is 11.8 Å². The van der Waals surface area contributed by atoms with Crippen LogP contribution in [0.1, 0.15) is 63.5 Å². The predicted octanol–water partition coefficient (Wildman–Crippen LogP) is 8.25. The Morgan fingerprint density at radius 1 is 1.03 bits per heavy atom. The lowest BCUT2D eigenvalue weighted by atomic mass is 10.0. The molecule has 0 bridgehead atoms. The number of hydrogen-bond acceptors (Lipinski definition) is 3. The minimum absolute atomic E-state index is 0.410. The minimum atomic E-state index is -1.46. The molecule has 1 unspecified atom stereocenters. The van der Waals surface area contributed by atoms with E-state index in [2.05, 4.69) is 31.2 Å². The lowest BCUT2D eigenvalue weighted by Crippen LogP contribution is -2.14. The molecule has 0 heterocycles. The van der Waals surface area contributed by atoms with Gasteiger partial charge in [-0.1, -0.05) is 86.5 Å². The average Bonchev–Trinajstić information content (AvgIpc) is 2.90. The number of methoxy groups -OCH3 is 1. The van der Waals surface area contributed by atoms with Crippen molar-refractivity contribution in [2.45, 2.75) is 62.9 Å². The molecule has 0 spiro atoms. The highest BCUT2D eigenvalue weighted by Crippen LogP contribution is 2.40. The first-order chi connectivity index (χ1) is 16.7. The van der Waals surface area contributed by atoms with Crippen LogP contribution in [0.3, 0.4) is 0 Å². The summed E-state index contributed by atoms with van der Waals surface area (Å²) in [5.41, 5.74) is 1.02. The van der Waals surface area contributed by atoms with Crippen LogP contribution >= 0.6 is 0 Å². The molecular weight excluding hydrogens is 440 g/mol. The van der Waals surface area contributed by atoms with Crippen molar-refractivity contribution >= 4 is 21.6 Å². The van der Waals surface area contributed by atoms with Crippen LogP contribution in [-0.2, 0) is 15.5 Å². The summed E-state index contributed by atoms with van der Waals surface area (Å²) in [5.74, 6) is 1.64. The molecule has 178 valence electrons. The summed E-state index contributed by atoms with van der Waals surface area (Å²) in [6.45, 7) is 2.18. The first-order valence-corrected chi connectivity index (χ1v) is 13.5. The van der Waals surface area contributed by atoms with Crippen molar-refractivity contribution in [3.8, 4) is 5.75 Å². The fraction of sp³-hybridized carbons (Fsp3) is 0.333. The van der Waals surface area contributed by atoms with Crippen LogP contribution in [0.2, 0.25) is 0 Å². The summed E-state index contributed by atoms with van der Waals surface area (Å²) in [7, 11) is 0.180. The molecule has 1 aliphatic rings. The second kappa shape index (κ2) is 12.0. The molecular formula is C30H34O3S. The molecule has 0 amide bonds. The normalized spacial score (nSPS) is 16.1. The fourth-order valence-corrected chi connectivity index (χ4v) is 6.01. The number of rotatable bonds is 10. The zero-order valence-electron chi connectivity index (χ0n) is 20.2. The predicted molar refractivity (Wildman–Crippen MR) is 141 cm³/mol. The van der Waals surface area contributed by atoms with Gasteiger partial charge in [-0.3, -0.25) is 0 Å². The molecule has 1 aliphatic carbocycles. The Morgan fingerprint density at radius 3 is 2.56 bits per heavy atom. The highest BCUT2D eigenvalue weighted by molar-refractivity contribution is 7.89. The van der Waals surface area contributed by atoms with Gasteiger partial charge in [0.15, 0.2) is 6.10 Å². The van der Waals surface area contributed by atoms with Crippen LogP contribution in [0.15, 0.2) is 94.4 Å². The zero-order chi connectivity index (χ0) is 23.8. The molecule has 34 heavy (non-hydrogen) atoms. The maximum absolute atomic E-state index is 14.5. The molecule has 0 fully saturated rings. The molecule has 2 atom stereocenters. The van der Waals surface area contributed by atoms with Crippen LogP contribution in [0.5, 0.6) is 5.75 Å². The van der Waals surface area contributed by atoms with E-state index in [1.54, 1.807) is 7.11 Å². The molecule has 0 aliphatic heterocycles. The van der Waals surface area contributed by atoms with Gasteiger partial charge in [-0.2, -0.15) is 0 Å². The van der Waals surface area contributed by atoms with Gasteiger partial charge in [-0.25, -0.2) is 4.21 Å². The number of fused-ring (bicyclic) bond motifs is 1. The summed E-state index contributed by atoms with van der Waals surface area (Å²) in [5, 5.41) is 2.00. The molecule has 0 saturated carbocycles. The van der Waals surface area contributed by atoms with Crippen LogP contribution < -0.4 is 4.74 Å². The first kappa shape index (κ1) is 24.3. The zero-order valence-corrected chi connectivity index (χ0v) is 21.0. The molecule has 0 aromatic heterocycles. The second-order valence-corrected chi connectivity index (χ2v) is 10.1. The molecule has 0 radical (unpaired) electrons. The summed E-state index contributed by atoms with van der Waals surface area (Å²) < 4.78 is 26.8. The van der Waals surface area contributed by atoms with Gasteiger partial charge < -0.3 is 9.47 Å². The molecule has 4 heteroatoms. The van der Waals surface area contributed by atoms with E-state index < -0.39 is 16.9 Å². The quantitative estimate of drug-likeness (QED) is 0.278. The first-order valence-electron chi connectivity index (χ1n) is 12.3. The highest BCUT2D eigenvalue weighted by Gasteiger charge is 2.28. The lowest BCUT2D eigenvalue weighted by Gasteiger charge is -2.26. The van der Waals surface area contributed by atoms with Gasteiger partial charge in [-0.15, -0.1) is 0 Å². The van der Waals surface area contributed by atoms with Gasteiger partial charge in [0.2, 0.25) is 0 Å². The van der Waals surface area contributed by atoms with Crippen molar-refractivity contribution < 1.29 is 13.7 Å². The Bertz CT molecular complexity index is 1180. The number of hydrogen-bond donors (Lipinski definition) is 0. The van der Waals surface area contributed by atoms with Crippen molar-refractivity contribution in [1.29, 1.82) is 0 Å². The van der Waals surface area contributed by atoms with Crippen molar-refractivity contribution in [1.82, 2.24) is 0 Å². The molecule has 0 saturated heterocycles. The minimum Gasteiger partial charge on any atom is -0.495 e. The second-order valence-electron chi connectivity index (χ2n) is 8.66. The van der Waals surface area contributed by atoms with Crippen LogP contribution in [0, 0.1) is 0 Å². The Hall–Kier alpha value is -2.85. The number of allylic oxidation sites excluding steroid dienone is 3. The largest absolute Gasteiger partial charge is 0.495 e. The van der Waals surface area contributed by atoms with E-state index in [1.807, 2.05) is 54.6 Å². The van der Waals surface area contributed by atoms with Gasteiger partial charge >= 0.3 is 0 Å². The van der Waals surface area contributed by atoms with Gasteiger partial charge in [0.1, 0.15) is 5.75 Å². The third-order valence-corrected chi connectivity index (χ3v) is 7.85. The van der Waals surface area contributed by atoms with E-state index in [1.165, 1.54) is 6.42 Å². The standard InChI is InChI=1S/C30H34O3S/c1-3-4-7-20-28(29(24-15-8-5-9-16-24)33-25-17-10-6-11-18-25)34(31)30-26-19-13-12-14-23(26)21-22-27(30)32-2/h5,8-9,12-17,19-22,29H,3-4,6-7,10-11,18H2,1-2H3/b28-20+/t29-,34?/m0/s1. The van der Waals surface area contributed by atoms with E-state index in [0.29, 0.717) is 10.6 Å². The summed E-state index contributed by atoms with van der Waals surface area (Å²) in [6, 6.07) is 22.2. The molecule has 3 aromatic carbocycles. The third-order valence-electron chi connectivity index (χ3n) is 6.25. The Morgan fingerprint density at radius 2 is 1.82 bits per heavy atom. The number of benzene rings is 3. The molecule has 3 nitrogen and oxygen atoms in total. The smallest absolute Gasteiger partial charge is 0.157 e. The average molecular weight is 475 g/mol. The topological polar surface area (TPSA) is 35.5 Å². The van der Waals surface area contributed by atoms with Gasteiger partial charge in [0.25, 0.3) is 0 Å². The van der Waals surface area contributed by atoms with E-state index in [4.69, 9.17) is 9.47 Å². The lowest BCUT2D eigenvalue weighted by molar-refractivity contribution is 0.139. The Labute approximate surface area is 205 Å². The van der Waals surface area contributed by atoms with Gasteiger partial charge in [-0.05, 0) is 48.8 Å². The van der Waals surface area contributed by atoms with Crippen molar-refractivity contribution in [3.05, 3.63) is 95.1 Å². The summed E-state index contributed by atoms with van der Waals surface area (Å²) >= 11 is 0. The van der Waals surface area contributed by atoms with E-state index >= 15 is 0 Å². The van der Waals surface area contributed by atoms with Crippen LogP contribution in [-0.4, -0.2) is 11.3 Å². The monoisotopic (exact) mass is 474 g/mol. The number of ether oxygens (including phenoxy) is 2. The van der Waals surface area contributed by atoms with Gasteiger partial charge in [0.05, 0.1) is 33.5 Å². The highest BCUT2D eigenvalue weighted by atomic mass is 32.2. The SMILES string of the molecule is CCCC/C=C(\[C@@H](OC1=CCCCC1)c1ccccc1)S(=O)c1c(OC)ccc2ccccc12. The van der Waals surface area contributed by atoms with E-state index in [-0.39, 0.29) is 0 Å². The maximum Gasteiger partial charge on any atom is 0.157 e. The van der Waals surface area contributed by atoms with Crippen LogP contribution in [0.4, 0.5) is 0 Å². The van der Waals surface area contributed by atoms with Crippen molar-refractivity contribution in [3.63, 3.8) is 0 Å². The third kappa shape index (κ3) is 5.61. The summed E-state index contributed by atoms with van der Waals surface area (Å²) in [4.78, 5) is 1.51.